The number of carbonyl (C=O) groups is 1. The highest BCUT2D eigenvalue weighted by Crippen LogP contribution is 2.24. The Bertz CT molecular complexity index is 907. The van der Waals surface area contributed by atoms with E-state index in [2.05, 4.69) is 4.98 Å². The van der Waals surface area contributed by atoms with Crippen LogP contribution in [0.5, 0.6) is 0 Å². The number of nitrogen functional groups attached to an aromatic ring is 1. The highest BCUT2D eigenvalue weighted by molar-refractivity contribution is 7.10. The second-order valence-corrected chi connectivity index (χ2v) is 7.45. The first-order chi connectivity index (χ1) is 11.6. The average molecular weight is 365 g/mol. The van der Waals surface area contributed by atoms with Crippen molar-refractivity contribution in [2.45, 2.75) is 26.8 Å². The van der Waals surface area contributed by atoms with Gasteiger partial charge in [-0.3, -0.25) is 18.7 Å². The van der Waals surface area contributed by atoms with Gasteiger partial charge in [0.25, 0.3) is 5.56 Å². The molecule has 0 atom stereocenters. The third-order valence-electron chi connectivity index (χ3n) is 3.74. The van der Waals surface area contributed by atoms with Crippen molar-refractivity contribution < 1.29 is 4.79 Å². The second-order valence-electron chi connectivity index (χ2n) is 6.50. The summed E-state index contributed by atoms with van der Waals surface area (Å²) in [6.07, 6.45) is 0.156. The maximum Gasteiger partial charge on any atom is 0.332 e. The Labute approximate surface area is 149 Å². The van der Waals surface area contributed by atoms with Crippen molar-refractivity contribution in [1.29, 1.82) is 0 Å². The van der Waals surface area contributed by atoms with Gasteiger partial charge in [-0.05, 0) is 5.92 Å². The third-order valence-corrected chi connectivity index (χ3v) is 4.59. The largest absolute Gasteiger partial charge is 0.384 e. The lowest BCUT2D eigenvalue weighted by atomic mass is 10.2. The Morgan fingerprint density at radius 2 is 2.00 bits per heavy atom. The number of likely N-dealkylation sites (N-methyl/N-ethyl adjacent to an activating group) is 1. The minimum atomic E-state index is -0.488. The van der Waals surface area contributed by atoms with Crippen LogP contribution in [0, 0.1) is 5.92 Å². The van der Waals surface area contributed by atoms with Crippen LogP contribution in [0.2, 0.25) is 0 Å². The summed E-state index contributed by atoms with van der Waals surface area (Å²) in [5.41, 5.74) is 5.79. The van der Waals surface area contributed by atoms with Gasteiger partial charge in [0.05, 0.1) is 12.1 Å². The fourth-order valence-electron chi connectivity index (χ4n) is 2.36. The minimum Gasteiger partial charge on any atom is -0.384 e. The molecule has 2 N–H and O–H groups in total. The van der Waals surface area contributed by atoms with Crippen LogP contribution in [0.25, 0.3) is 11.3 Å². The van der Waals surface area contributed by atoms with E-state index in [1.54, 1.807) is 19.5 Å². The van der Waals surface area contributed by atoms with Gasteiger partial charge in [0.15, 0.2) is 0 Å². The molecule has 0 aliphatic rings. The van der Waals surface area contributed by atoms with Gasteiger partial charge in [-0.1, -0.05) is 13.8 Å². The molecule has 8 nitrogen and oxygen atoms in total. The predicted octanol–water partition coefficient (Wildman–Crippen LogP) is 0.539. The van der Waals surface area contributed by atoms with E-state index in [0.29, 0.717) is 17.2 Å². The highest BCUT2D eigenvalue weighted by atomic mass is 32.1. The maximum atomic E-state index is 12.5. The van der Waals surface area contributed by atoms with Crippen molar-refractivity contribution in [2.75, 3.05) is 19.8 Å². The topological polar surface area (TPSA) is 103 Å². The number of nitrogens with zero attached hydrogens (tertiary/aromatic N) is 4. The van der Waals surface area contributed by atoms with Crippen LogP contribution >= 0.6 is 11.3 Å². The van der Waals surface area contributed by atoms with Crippen molar-refractivity contribution in [2.24, 2.45) is 13.0 Å². The van der Waals surface area contributed by atoms with Crippen molar-refractivity contribution in [3.63, 3.8) is 0 Å². The molecule has 2 heterocycles. The molecule has 0 aromatic carbocycles. The molecule has 0 spiro atoms. The Morgan fingerprint density at radius 1 is 1.36 bits per heavy atom. The van der Waals surface area contributed by atoms with Crippen LogP contribution in [-0.4, -0.2) is 39.0 Å². The van der Waals surface area contributed by atoms with Gasteiger partial charge in [0, 0.05) is 33.1 Å². The number of amides is 1. The molecule has 0 aliphatic carbocycles. The third kappa shape index (κ3) is 3.81. The second kappa shape index (κ2) is 7.22. The van der Waals surface area contributed by atoms with Crippen LogP contribution in [-0.2, 0) is 24.8 Å². The van der Waals surface area contributed by atoms with Crippen molar-refractivity contribution >= 4 is 23.1 Å². The molecule has 2 aromatic heterocycles. The van der Waals surface area contributed by atoms with E-state index < -0.39 is 11.2 Å². The molecule has 25 heavy (non-hydrogen) atoms. The number of carbonyl (C=O) groups excluding carboxylic acids is 1. The van der Waals surface area contributed by atoms with Gasteiger partial charge in [-0.2, -0.15) is 0 Å². The molecule has 2 rings (SSSR count). The number of thiazole rings is 1. The molecule has 0 bridgehead atoms. The zero-order valence-electron chi connectivity index (χ0n) is 15.1. The van der Waals surface area contributed by atoms with Gasteiger partial charge >= 0.3 is 5.69 Å². The number of hydrogen-bond acceptors (Lipinski definition) is 6. The molecule has 9 heteroatoms. The van der Waals surface area contributed by atoms with Gasteiger partial charge in [0.2, 0.25) is 5.91 Å². The predicted molar refractivity (Wildman–Crippen MR) is 98.7 cm³/mol. The first-order valence-corrected chi connectivity index (χ1v) is 8.75. The van der Waals surface area contributed by atoms with Crippen LogP contribution in [0.3, 0.4) is 0 Å². The van der Waals surface area contributed by atoms with Crippen LogP contribution in [0.15, 0.2) is 15.0 Å². The molecule has 0 fully saturated rings. The fraction of sp³-hybridized carbons (Fsp3) is 0.500. The molecule has 0 saturated heterocycles. The van der Waals surface area contributed by atoms with Crippen LogP contribution < -0.4 is 17.0 Å². The molecule has 2 aromatic rings. The molecule has 1 amide bonds. The van der Waals surface area contributed by atoms with E-state index in [9.17, 15) is 14.4 Å². The molecule has 136 valence electrons. The van der Waals surface area contributed by atoms with Gasteiger partial charge < -0.3 is 10.6 Å². The van der Waals surface area contributed by atoms with Crippen molar-refractivity contribution in [3.8, 4) is 11.3 Å². The number of hydrogen-bond donors (Lipinski definition) is 1. The fourth-order valence-corrected chi connectivity index (χ4v) is 3.14. The SMILES string of the molecule is CC(C)Cn1c(N)c(-c2csc(CC(=O)N(C)C)n2)c(=O)n(C)c1=O. The Kier molecular flexibility index (Phi) is 5.46. The lowest BCUT2D eigenvalue weighted by molar-refractivity contribution is -0.127. The molecule has 0 aliphatic heterocycles. The number of anilines is 1. The highest BCUT2D eigenvalue weighted by Gasteiger charge is 2.20. The summed E-state index contributed by atoms with van der Waals surface area (Å²) in [6, 6.07) is 0. The van der Waals surface area contributed by atoms with Crippen LogP contribution in [0.1, 0.15) is 18.9 Å². The number of nitrogens with two attached hydrogens (primary N) is 1. The van der Waals surface area contributed by atoms with E-state index in [1.807, 2.05) is 13.8 Å². The minimum absolute atomic E-state index is 0.0773. The van der Waals surface area contributed by atoms with Crippen molar-refractivity contribution in [3.05, 3.63) is 31.2 Å². The summed E-state index contributed by atoms with van der Waals surface area (Å²) >= 11 is 1.29. The molecular formula is C16H23N5O3S. The van der Waals surface area contributed by atoms with Crippen LogP contribution in [0.4, 0.5) is 5.82 Å². The van der Waals surface area contributed by atoms with Crippen molar-refractivity contribution in [1.82, 2.24) is 19.0 Å². The lowest BCUT2D eigenvalue weighted by Crippen LogP contribution is -2.41. The van der Waals surface area contributed by atoms with Gasteiger partial charge in [-0.25, -0.2) is 9.78 Å². The maximum absolute atomic E-state index is 12.5. The summed E-state index contributed by atoms with van der Waals surface area (Å²) in [6.45, 7) is 4.33. The number of rotatable bonds is 5. The Hall–Kier alpha value is -2.42. The normalized spacial score (nSPS) is 11.1. The zero-order valence-corrected chi connectivity index (χ0v) is 15.9. The quantitative estimate of drug-likeness (QED) is 0.833. The van der Waals surface area contributed by atoms with E-state index in [-0.39, 0.29) is 29.6 Å². The first kappa shape index (κ1) is 18.9. The standard InChI is InChI=1S/C16H23N5O3S/c1-9(2)7-21-14(17)13(15(23)20(5)16(21)24)10-8-25-11(18-10)6-12(22)19(3)4/h8-9H,6-7,17H2,1-5H3. The number of aromatic nitrogens is 3. The molecule has 0 saturated carbocycles. The summed E-state index contributed by atoms with van der Waals surface area (Å²) in [4.78, 5) is 42.6. The Morgan fingerprint density at radius 3 is 2.56 bits per heavy atom. The van der Waals surface area contributed by atoms with E-state index >= 15 is 0 Å². The molecular weight excluding hydrogens is 342 g/mol. The lowest BCUT2D eigenvalue weighted by Gasteiger charge is -2.15. The zero-order chi connectivity index (χ0) is 18.9. The van der Waals surface area contributed by atoms with E-state index in [4.69, 9.17) is 5.73 Å². The molecule has 0 radical (unpaired) electrons. The summed E-state index contributed by atoms with van der Waals surface area (Å²) in [7, 11) is 4.77. The summed E-state index contributed by atoms with van der Waals surface area (Å²) in [5.74, 6) is 0.221. The Balaban J connectivity index is 2.55. The summed E-state index contributed by atoms with van der Waals surface area (Å²) < 4.78 is 2.43. The van der Waals surface area contributed by atoms with Gasteiger partial charge in [-0.15, -0.1) is 11.3 Å². The van der Waals surface area contributed by atoms with E-state index in [0.717, 1.165) is 4.57 Å². The monoisotopic (exact) mass is 365 g/mol. The first-order valence-electron chi connectivity index (χ1n) is 7.87. The van der Waals surface area contributed by atoms with Gasteiger partial charge in [0.1, 0.15) is 16.4 Å². The van der Waals surface area contributed by atoms with E-state index in [1.165, 1.54) is 27.9 Å². The smallest absolute Gasteiger partial charge is 0.332 e. The summed E-state index contributed by atoms with van der Waals surface area (Å²) in [5, 5.41) is 2.28. The average Bonchev–Trinajstić information content (AvgIpc) is 2.97. The molecule has 0 unspecified atom stereocenters.